The highest BCUT2D eigenvalue weighted by Gasteiger charge is 2.15. The Kier molecular flexibility index (Phi) is 1.58. The normalized spacial score (nSPS) is 14.8. The number of rotatable bonds is 0. The molecule has 0 fully saturated rings. The van der Waals surface area contributed by atoms with Gasteiger partial charge in [0.2, 0.25) is 0 Å². The van der Waals surface area contributed by atoms with E-state index in [1.165, 1.54) is 0 Å². The van der Waals surface area contributed by atoms with Gasteiger partial charge in [0, 0.05) is 10.9 Å². The predicted octanol–water partition coefficient (Wildman–Crippen LogP) is 3.07. The molecule has 0 amide bonds. The molecular weight excluding hydrogens is 198 g/mol. The lowest BCUT2D eigenvalue weighted by atomic mass is 10.1. The zero-order chi connectivity index (χ0) is 9.54. The van der Waals surface area contributed by atoms with Crippen LogP contribution in [0.4, 0.5) is 0 Å². The maximum Gasteiger partial charge on any atom is 0.135 e. The molecule has 14 heavy (non-hydrogen) atoms. The van der Waals surface area contributed by atoms with Gasteiger partial charge >= 0.3 is 0 Å². The van der Waals surface area contributed by atoms with E-state index < -0.39 is 0 Å². The van der Waals surface area contributed by atoms with Crippen LogP contribution >= 0.6 is 11.6 Å². The standard InChI is InChI=1S/C11H8ClNO/c12-11-5-8-7-3-1-2-4-9(7)14-10(8)6-13-11/h1-5,13H,6H2. The third kappa shape index (κ3) is 1.04. The molecule has 3 heteroatoms. The Morgan fingerprint density at radius 2 is 2.14 bits per heavy atom. The van der Waals surface area contributed by atoms with Crippen molar-refractivity contribution in [1.82, 2.24) is 5.32 Å². The van der Waals surface area contributed by atoms with Crippen molar-refractivity contribution >= 4 is 28.6 Å². The van der Waals surface area contributed by atoms with E-state index in [9.17, 15) is 0 Å². The first-order valence-electron chi connectivity index (χ1n) is 4.46. The molecule has 0 radical (unpaired) electrons. The molecule has 2 aromatic rings. The quantitative estimate of drug-likeness (QED) is 0.669. The van der Waals surface area contributed by atoms with E-state index in [0.717, 1.165) is 22.3 Å². The Bertz CT molecular complexity index is 527. The van der Waals surface area contributed by atoms with E-state index in [0.29, 0.717) is 11.7 Å². The largest absolute Gasteiger partial charge is 0.459 e. The van der Waals surface area contributed by atoms with Crippen LogP contribution in [-0.4, -0.2) is 0 Å². The van der Waals surface area contributed by atoms with Gasteiger partial charge in [-0.1, -0.05) is 29.8 Å². The first kappa shape index (κ1) is 7.94. The Hall–Kier alpha value is -1.41. The SMILES string of the molecule is ClC1=Cc2c(oc3ccccc23)CN1. The first-order valence-corrected chi connectivity index (χ1v) is 4.84. The van der Waals surface area contributed by atoms with Crippen molar-refractivity contribution in [3.05, 3.63) is 40.7 Å². The van der Waals surface area contributed by atoms with Crippen LogP contribution in [0.2, 0.25) is 0 Å². The smallest absolute Gasteiger partial charge is 0.135 e. The average Bonchev–Trinajstić information content (AvgIpc) is 2.56. The topological polar surface area (TPSA) is 25.2 Å². The van der Waals surface area contributed by atoms with Crippen molar-refractivity contribution in [2.24, 2.45) is 0 Å². The van der Waals surface area contributed by atoms with Gasteiger partial charge in [-0.05, 0) is 12.1 Å². The molecule has 70 valence electrons. The number of benzene rings is 1. The molecule has 1 aliphatic rings. The van der Waals surface area contributed by atoms with Crippen LogP contribution in [0, 0.1) is 0 Å². The maximum atomic E-state index is 5.91. The van der Waals surface area contributed by atoms with E-state index in [4.69, 9.17) is 16.0 Å². The number of fused-ring (bicyclic) bond motifs is 3. The first-order chi connectivity index (χ1) is 6.84. The minimum atomic E-state index is 0.666. The van der Waals surface area contributed by atoms with Crippen LogP contribution in [0.3, 0.4) is 0 Å². The number of halogens is 1. The van der Waals surface area contributed by atoms with Crippen LogP contribution in [0.1, 0.15) is 11.3 Å². The molecule has 1 N–H and O–H groups in total. The van der Waals surface area contributed by atoms with Gasteiger partial charge in [0.15, 0.2) is 0 Å². The molecule has 0 saturated carbocycles. The number of furan rings is 1. The number of hydrogen-bond acceptors (Lipinski definition) is 2. The van der Waals surface area contributed by atoms with E-state index in [2.05, 4.69) is 5.32 Å². The summed E-state index contributed by atoms with van der Waals surface area (Å²) in [6.45, 7) is 0.666. The number of hydrogen-bond donors (Lipinski definition) is 1. The number of para-hydroxylation sites is 1. The van der Waals surface area contributed by atoms with Crippen LogP contribution < -0.4 is 5.32 Å². The molecule has 0 unspecified atom stereocenters. The molecule has 3 rings (SSSR count). The summed E-state index contributed by atoms with van der Waals surface area (Å²) in [5.41, 5.74) is 2.02. The Balaban J connectivity index is 2.37. The number of nitrogens with one attached hydrogen (secondary N) is 1. The molecule has 0 bridgehead atoms. The highest BCUT2D eigenvalue weighted by molar-refractivity contribution is 6.31. The second-order valence-electron chi connectivity index (χ2n) is 3.28. The second-order valence-corrected chi connectivity index (χ2v) is 3.69. The molecule has 1 aromatic carbocycles. The van der Waals surface area contributed by atoms with Gasteiger partial charge < -0.3 is 9.73 Å². The lowest BCUT2D eigenvalue weighted by Crippen LogP contribution is -2.12. The van der Waals surface area contributed by atoms with Gasteiger partial charge in [-0.3, -0.25) is 0 Å². The summed E-state index contributed by atoms with van der Waals surface area (Å²) in [6, 6.07) is 7.98. The van der Waals surface area contributed by atoms with Crippen LogP contribution in [0.5, 0.6) is 0 Å². The lowest BCUT2D eigenvalue weighted by Gasteiger charge is -2.08. The molecule has 1 aromatic heterocycles. The van der Waals surface area contributed by atoms with Crippen molar-refractivity contribution in [1.29, 1.82) is 0 Å². The summed E-state index contributed by atoms with van der Waals surface area (Å²) in [7, 11) is 0. The van der Waals surface area contributed by atoms with E-state index >= 15 is 0 Å². The van der Waals surface area contributed by atoms with Crippen LogP contribution in [0.25, 0.3) is 17.0 Å². The van der Waals surface area contributed by atoms with Gasteiger partial charge in [-0.2, -0.15) is 0 Å². The fourth-order valence-electron chi connectivity index (χ4n) is 1.75. The average molecular weight is 206 g/mol. The van der Waals surface area contributed by atoms with E-state index in [1.54, 1.807) is 0 Å². The molecule has 0 spiro atoms. The molecule has 0 atom stereocenters. The van der Waals surface area contributed by atoms with Crippen molar-refractivity contribution in [2.45, 2.75) is 6.54 Å². The summed E-state index contributed by atoms with van der Waals surface area (Å²) < 4.78 is 5.67. The molecule has 0 saturated heterocycles. The monoisotopic (exact) mass is 205 g/mol. The van der Waals surface area contributed by atoms with Gasteiger partial charge in [0.1, 0.15) is 16.5 Å². The third-order valence-electron chi connectivity index (χ3n) is 2.40. The maximum absolute atomic E-state index is 5.91. The van der Waals surface area contributed by atoms with Crippen LogP contribution in [-0.2, 0) is 6.54 Å². The summed E-state index contributed by atoms with van der Waals surface area (Å²) in [6.07, 6.45) is 1.91. The van der Waals surface area contributed by atoms with Gasteiger partial charge in [0.05, 0.1) is 6.54 Å². The Morgan fingerprint density at radius 3 is 3.07 bits per heavy atom. The van der Waals surface area contributed by atoms with Crippen molar-refractivity contribution in [3.8, 4) is 0 Å². The van der Waals surface area contributed by atoms with E-state index in [-0.39, 0.29) is 0 Å². The van der Waals surface area contributed by atoms with Crippen molar-refractivity contribution in [2.75, 3.05) is 0 Å². The fraction of sp³-hybridized carbons (Fsp3) is 0.0909. The second kappa shape index (κ2) is 2.79. The van der Waals surface area contributed by atoms with Crippen molar-refractivity contribution in [3.63, 3.8) is 0 Å². The van der Waals surface area contributed by atoms with Gasteiger partial charge in [-0.15, -0.1) is 0 Å². The Labute approximate surface area is 86.2 Å². The molecule has 0 aliphatic carbocycles. The molecule has 2 nitrogen and oxygen atoms in total. The summed E-state index contributed by atoms with van der Waals surface area (Å²) in [5.74, 6) is 0.954. The lowest BCUT2D eigenvalue weighted by molar-refractivity contribution is 0.531. The predicted molar refractivity (Wildman–Crippen MR) is 56.9 cm³/mol. The van der Waals surface area contributed by atoms with Crippen LogP contribution in [0.15, 0.2) is 33.8 Å². The summed E-state index contributed by atoms with van der Waals surface area (Å²) in [5, 5.41) is 4.83. The fourth-order valence-corrected chi connectivity index (χ4v) is 1.92. The zero-order valence-corrected chi connectivity index (χ0v) is 8.14. The van der Waals surface area contributed by atoms with Gasteiger partial charge in [-0.25, -0.2) is 0 Å². The highest BCUT2D eigenvalue weighted by atomic mass is 35.5. The van der Waals surface area contributed by atoms with E-state index in [1.807, 2.05) is 30.3 Å². The summed E-state index contributed by atoms with van der Waals surface area (Å²) >= 11 is 5.91. The van der Waals surface area contributed by atoms with Gasteiger partial charge in [0.25, 0.3) is 0 Å². The van der Waals surface area contributed by atoms with Crippen molar-refractivity contribution < 1.29 is 4.42 Å². The highest BCUT2D eigenvalue weighted by Crippen LogP contribution is 2.30. The summed E-state index contributed by atoms with van der Waals surface area (Å²) in [4.78, 5) is 0. The minimum Gasteiger partial charge on any atom is -0.459 e. The minimum absolute atomic E-state index is 0.666. The Morgan fingerprint density at radius 1 is 1.29 bits per heavy atom. The molecular formula is C11H8ClNO. The molecule has 1 aliphatic heterocycles. The molecule has 2 heterocycles. The third-order valence-corrected chi connectivity index (χ3v) is 2.64. The zero-order valence-electron chi connectivity index (χ0n) is 7.38.